The summed E-state index contributed by atoms with van der Waals surface area (Å²) in [6, 6.07) is 7.84. The molecule has 0 aliphatic carbocycles. The van der Waals surface area contributed by atoms with Gasteiger partial charge < -0.3 is 20.7 Å². The first-order valence-electron chi connectivity index (χ1n) is 9.20. The SMILES string of the molecule is C[C@H]1Oc2ccc(NC(=O)C[C@@H]3Sc4ccc(C(F)(F)F)cc4NC3=O)cc2NC1=O. The van der Waals surface area contributed by atoms with Crippen LogP contribution in [0, 0.1) is 0 Å². The Hall–Kier alpha value is -3.21. The molecule has 11 heteroatoms. The summed E-state index contributed by atoms with van der Waals surface area (Å²) in [5.41, 5.74) is 0.0288. The van der Waals surface area contributed by atoms with Crippen molar-refractivity contribution in [3.63, 3.8) is 0 Å². The molecule has 2 atom stereocenters. The maximum atomic E-state index is 12.9. The number of alkyl halides is 3. The highest BCUT2D eigenvalue weighted by Crippen LogP contribution is 2.40. The number of carbonyl (C=O) groups is 3. The third-order valence-corrected chi connectivity index (χ3v) is 5.97. The minimum atomic E-state index is -4.52. The largest absolute Gasteiger partial charge is 0.479 e. The number of nitrogens with one attached hydrogen (secondary N) is 3. The Morgan fingerprint density at radius 3 is 2.58 bits per heavy atom. The third kappa shape index (κ3) is 4.46. The first kappa shape index (κ1) is 21.0. The van der Waals surface area contributed by atoms with E-state index in [0.29, 0.717) is 22.0 Å². The van der Waals surface area contributed by atoms with Gasteiger partial charge in [0, 0.05) is 17.0 Å². The summed E-state index contributed by atoms with van der Waals surface area (Å²) >= 11 is 1.03. The highest BCUT2D eigenvalue weighted by atomic mass is 32.2. The second-order valence-electron chi connectivity index (χ2n) is 7.02. The van der Waals surface area contributed by atoms with Crippen LogP contribution in [0.15, 0.2) is 41.3 Å². The smallest absolute Gasteiger partial charge is 0.416 e. The van der Waals surface area contributed by atoms with Gasteiger partial charge in [-0.2, -0.15) is 13.2 Å². The molecule has 2 aromatic rings. The number of halogens is 3. The molecule has 0 fully saturated rings. The van der Waals surface area contributed by atoms with Gasteiger partial charge >= 0.3 is 6.18 Å². The predicted octanol–water partition coefficient (Wildman–Crippen LogP) is 3.87. The minimum Gasteiger partial charge on any atom is -0.479 e. The van der Waals surface area contributed by atoms with Crippen LogP contribution < -0.4 is 20.7 Å². The van der Waals surface area contributed by atoms with Gasteiger partial charge in [-0.15, -0.1) is 11.8 Å². The van der Waals surface area contributed by atoms with E-state index < -0.39 is 34.9 Å². The Morgan fingerprint density at radius 2 is 1.84 bits per heavy atom. The standard InChI is InChI=1S/C20H16F3N3O4S/c1-9-18(28)25-12-7-11(3-4-14(12)30-9)24-17(27)8-16-19(29)26-13-6-10(20(21,22)23)2-5-15(13)31-16/h2-7,9,16H,8H2,1H3,(H,24,27)(H,25,28)(H,26,29)/t9-,16+/m1/s1. The number of rotatable bonds is 3. The van der Waals surface area contributed by atoms with Gasteiger partial charge in [0.2, 0.25) is 11.8 Å². The van der Waals surface area contributed by atoms with Crippen LogP contribution >= 0.6 is 11.8 Å². The van der Waals surface area contributed by atoms with Gasteiger partial charge in [0.25, 0.3) is 5.91 Å². The fourth-order valence-corrected chi connectivity index (χ4v) is 4.22. The molecule has 162 valence electrons. The molecule has 7 nitrogen and oxygen atoms in total. The first-order valence-corrected chi connectivity index (χ1v) is 10.1. The molecule has 0 unspecified atom stereocenters. The number of benzene rings is 2. The molecule has 0 spiro atoms. The van der Waals surface area contributed by atoms with E-state index in [1.54, 1.807) is 25.1 Å². The van der Waals surface area contributed by atoms with Gasteiger partial charge in [-0.05, 0) is 43.3 Å². The lowest BCUT2D eigenvalue weighted by Gasteiger charge is -2.25. The zero-order valence-corrected chi connectivity index (χ0v) is 16.8. The number of carbonyl (C=O) groups excluding carboxylic acids is 3. The minimum absolute atomic E-state index is 0.0705. The lowest BCUT2D eigenvalue weighted by atomic mass is 10.1. The van der Waals surface area contributed by atoms with Crippen molar-refractivity contribution in [2.24, 2.45) is 0 Å². The maximum absolute atomic E-state index is 12.9. The second-order valence-corrected chi connectivity index (χ2v) is 8.26. The summed E-state index contributed by atoms with van der Waals surface area (Å²) in [6.07, 6.45) is -5.32. The summed E-state index contributed by atoms with van der Waals surface area (Å²) < 4.78 is 44.0. The van der Waals surface area contributed by atoms with Crippen molar-refractivity contribution in [1.82, 2.24) is 0 Å². The summed E-state index contributed by atoms with van der Waals surface area (Å²) in [5.74, 6) is -0.841. The van der Waals surface area contributed by atoms with Crippen LogP contribution in [0.4, 0.5) is 30.2 Å². The summed E-state index contributed by atoms with van der Waals surface area (Å²) in [4.78, 5) is 36.9. The number of anilines is 3. The summed E-state index contributed by atoms with van der Waals surface area (Å²) in [6.45, 7) is 1.61. The predicted molar refractivity (Wildman–Crippen MR) is 108 cm³/mol. The van der Waals surface area contributed by atoms with E-state index in [9.17, 15) is 27.6 Å². The third-order valence-electron chi connectivity index (χ3n) is 4.69. The van der Waals surface area contributed by atoms with Crippen LogP contribution in [-0.2, 0) is 20.6 Å². The van der Waals surface area contributed by atoms with Crippen molar-refractivity contribution in [3.05, 3.63) is 42.0 Å². The first-order chi connectivity index (χ1) is 14.6. The molecule has 3 N–H and O–H groups in total. The highest BCUT2D eigenvalue weighted by molar-refractivity contribution is 8.01. The maximum Gasteiger partial charge on any atom is 0.416 e. The van der Waals surface area contributed by atoms with Crippen molar-refractivity contribution >= 4 is 46.5 Å². The van der Waals surface area contributed by atoms with Gasteiger partial charge in [-0.25, -0.2) is 0 Å². The van der Waals surface area contributed by atoms with E-state index in [4.69, 9.17) is 4.74 Å². The second kappa shape index (κ2) is 7.80. The Morgan fingerprint density at radius 1 is 1.10 bits per heavy atom. The molecule has 2 aliphatic rings. The molecule has 0 aromatic heterocycles. The van der Waals surface area contributed by atoms with Gasteiger partial charge in [-0.1, -0.05) is 0 Å². The number of ether oxygens (including phenoxy) is 1. The van der Waals surface area contributed by atoms with Crippen molar-refractivity contribution in [2.45, 2.75) is 35.8 Å². The van der Waals surface area contributed by atoms with Crippen molar-refractivity contribution in [3.8, 4) is 5.75 Å². The van der Waals surface area contributed by atoms with Crippen LogP contribution in [0.3, 0.4) is 0 Å². The molecule has 3 amide bonds. The van der Waals surface area contributed by atoms with Crippen molar-refractivity contribution in [2.75, 3.05) is 16.0 Å². The number of thioether (sulfide) groups is 1. The fourth-order valence-electron chi connectivity index (χ4n) is 3.13. The van der Waals surface area contributed by atoms with E-state index in [0.717, 1.165) is 23.9 Å². The fraction of sp³-hybridized carbons (Fsp3) is 0.250. The Bertz CT molecular complexity index is 1090. The van der Waals surface area contributed by atoms with Gasteiger partial charge in [0.05, 0.1) is 22.2 Å². The number of hydrogen-bond acceptors (Lipinski definition) is 5. The summed E-state index contributed by atoms with van der Waals surface area (Å²) in [5, 5.41) is 6.96. The Labute approximate surface area is 178 Å². The molecule has 0 radical (unpaired) electrons. The van der Waals surface area contributed by atoms with E-state index in [2.05, 4.69) is 16.0 Å². The normalized spacial score (nSPS) is 20.0. The summed E-state index contributed by atoms with van der Waals surface area (Å²) in [7, 11) is 0. The van der Waals surface area contributed by atoms with Crippen molar-refractivity contribution < 1.29 is 32.3 Å². The monoisotopic (exact) mass is 451 g/mol. The van der Waals surface area contributed by atoms with Crippen LogP contribution in [0.1, 0.15) is 18.9 Å². The average Bonchev–Trinajstić information content (AvgIpc) is 2.68. The van der Waals surface area contributed by atoms with Gasteiger partial charge in [0.1, 0.15) is 5.75 Å². The highest BCUT2D eigenvalue weighted by Gasteiger charge is 2.34. The van der Waals surface area contributed by atoms with Gasteiger partial charge in [0.15, 0.2) is 6.10 Å². The topological polar surface area (TPSA) is 96.5 Å². The lowest BCUT2D eigenvalue weighted by molar-refractivity contribution is -0.137. The molecule has 2 aromatic carbocycles. The molecule has 31 heavy (non-hydrogen) atoms. The Balaban J connectivity index is 1.42. The molecular weight excluding hydrogens is 435 g/mol. The number of fused-ring (bicyclic) bond motifs is 2. The van der Waals surface area contributed by atoms with E-state index in [-0.39, 0.29) is 18.0 Å². The lowest BCUT2D eigenvalue weighted by Crippen LogP contribution is -2.34. The number of amides is 3. The van der Waals surface area contributed by atoms with Gasteiger partial charge in [-0.3, -0.25) is 14.4 Å². The quantitative estimate of drug-likeness (QED) is 0.659. The zero-order chi connectivity index (χ0) is 22.3. The Kier molecular flexibility index (Phi) is 5.29. The molecular formula is C20H16F3N3O4S. The van der Waals surface area contributed by atoms with Crippen LogP contribution in [0.25, 0.3) is 0 Å². The number of hydrogen-bond donors (Lipinski definition) is 3. The van der Waals surface area contributed by atoms with E-state index in [1.807, 2.05) is 0 Å². The van der Waals surface area contributed by atoms with Crippen molar-refractivity contribution in [1.29, 1.82) is 0 Å². The molecule has 0 saturated carbocycles. The zero-order valence-electron chi connectivity index (χ0n) is 16.0. The average molecular weight is 451 g/mol. The molecule has 0 saturated heterocycles. The molecule has 2 aliphatic heterocycles. The molecule has 2 heterocycles. The molecule has 4 rings (SSSR count). The van der Waals surface area contributed by atoms with E-state index in [1.165, 1.54) is 6.07 Å². The molecule has 0 bridgehead atoms. The van der Waals surface area contributed by atoms with Crippen LogP contribution in [0.5, 0.6) is 5.75 Å². The van der Waals surface area contributed by atoms with Crippen LogP contribution in [-0.4, -0.2) is 29.1 Å². The van der Waals surface area contributed by atoms with E-state index >= 15 is 0 Å². The van der Waals surface area contributed by atoms with Crippen LogP contribution in [0.2, 0.25) is 0 Å².